The van der Waals surface area contributed by atoms with Gasteiger partial charge in [0.2, 0.25) is 5.95 Å². The van der Waals surface area contributed by atoms with Crippen molar-refractivity contribution in [2.75, 3.05) is 0 Å². The van der Waals surface area contributed by atoms with Gasteiger partial charge < -0.3 is 0 Å². The molecule has 9 aromatic rings. The van der Waals surface area contributed by atoms with Crippen LogP contribution in [0.25, 0.3) is 94.7 Å². The third kappa shape index (κ3) is 3.62. The molecule has 7 aromatic carbocycles. The van der Waals surface area contributed by atoms with E-state index in [0.29, 0.717) is 17.6 Å². The summed E-state index contributed by atoms with van der Waals surface area (Å²) in [6.45, 7) is 4.91. The molecule has 0 spiro atoms. The molecule has 1 aliphatic heterocycles. The summed E-state index contributed by atoms with van der Waals surface area (Å²) in [7, 11) is -2.05. The molecule has 0 saturated heterocycles. The highest BCUT2D eigenvalue weighted by atomic mass is 28.3. The van der Waals surface area contributed by atoms with Crippen molar-refractivity contribution in [2.45, 2.75) is 13.1 Å². The van der Waals surface area contributed by atoms with Crippen LogP contribution in [-0.4, -0.2) is 27.6 Å². The minimum absolute atomic E-state index is 0.629. The summed E-state index contributed by atoms with van der Waals surface area (Å²) in [5.74, 6) is 2.01. The van der Waals surface area contributed by atoms with E-state index in [1.165, 1.54) is 65.3 Å². The van der Waals surface area contributed by atoms with Gasteiger partial charge in [0.1, 0.15) is 8.07 Å². The maximum Gasteiger partial charge on any atom is 0.238 e. The fraction of sp³-hybridized carbons (Fsp3) is 0.0444. The molecule has 3 heterocycles. The van der Waals surface area contributed by atoms with Gasteiger partial charge in [-0.25, -0.2) is 4.98 Å². The van der Waals surface area contributed by atoms with E-state index in [1.807, 2.05) is 6.07 Å². The summed E-state index contributed by atoms with van der Waals surface area (Å²) < 4.78 is 2.27. The zero-order chi connectivity index (χ0) is 33.1. The van der Waals surface area contributed by atoms with Crippen LogP contribution in [0.4, 0.5) is 0 Å². The highest BCUT2D eigenvalue weighted by Gasteiger charge is 2.40. The number of hydrogen-bond donors (Lipinski definition) is 0. The molecule has 0 bridgehead atoms. The van der Waals surface area contributed by atoms with Crippen molar-refractivity contribution in [2.24, 2.45) is 0 Å². The lowest BCUT2D eigenvalue weighted by Gasteiger charge is -2.22. The molecule has 0 radical (unpaired) electrons. The van der Waals surface area contributed by atoms with E-state index in [-0.39, 0.29) is 0 Å². The van der Waals surface area contributed by atoms with E-state index in [0.717, 1.165) is 22.2 Å². The smallest absolute Gasteiger partial charge is 0.238 e. The topological polar surface area (TPSA) is 43.6 Å². The predicted molar refractivity (Wildman–Crippen MR) is 209 cm³/mol. The molecule has 50 heavy (non-hydrogen) atoms. The Morgan fingerprint density at radius 2 is 1.02 bits per heavy atom. The van der Waals surface area contributed by atoms with Crippen LogP contribution >= 0.6 is 0 Å². The SMILES string of the molecule is C[Si]1(C)c2ccccc2-c2cccc(-c3nc(-c4ccccc4)nc(-n4c5cccc6c5c5c7c(cccc7ccc54)-c4ccccc4-6)n3)c21. The van der Waals surface area contributed by atoms with Crippen molar-refractivity contribution in [3.63, 3.8) is 0 Å². The van der Waals surface area contributed by atoms with Gasteiger partial charge in [-0.3, -0.25) is 4.57 Å². The Kier molecular flexibility index (Phi) is 5.51. The number of hydrogen-bond acceptors (Lipinski definition) is 3. The van der Waals surface area contributed by atoms with Crippen LogP contribution in [0.1, 0.15) is 0 Å². The van der Waals surface area contributed by atoms with Crippen LogP contribution in [-0.2, 0) is 0 Å². The molecule has 0 saturated carbocycles. The van der Waals surface area contributed by atoms with Gasteiger partial charge in [-0.05, 0) is 66.7 Å². The van der Waals surface area contributed by atoms with Gasteiger partial charge in [0, 0.05) is 21.9 Å². The molecule has 2 aromatic heterocycles. The molecule has 0 fully saturated rings. The van der Waals surface area contributed by atoms with Gasteiger partial charge in [0.25, 0.3) is 0 Å². The Morgan fingerprint density at radius 3 is 1.84 bits per heavy atom. The highest BCUT2D eigenvalue weighted by Crippen LogP contribution is 2.49. The molecule has 0 N–H and O–H groups in total. The van der Waals surface area contributed by atoms with E-state index in [1.54, 1.807) is 0 Å². The molecule has 11 rings (SSSR count). The second kappa shape index (κ2) is 9.94. The van der Waals surface area contributed by atoms with Crippen molar-refractivity contribution >= 4 is 51.0 Å². The Hall–Kier alpha value is -6.17. The minimum atomic E-state index is -2.05. The molecule has 0 unspecified atom stereocenters. The number of benzene rings is 7. The van der Waals surface area contributed by atoms with Crippen molar-refractivity contribution in [3.05, 3.63) is 146 Å². The van der Waals surface area contributed by atoms with Crippen LogP contribution < -0.4 is 10.4 Å². The van der Waals surface area contributed by atoms with Crippen LogP contribution in [0, 0.1) is 0 Å². The molecule has 4 nitrogen and oxygen atoms in total. The van der Waals surface area contributed by atoms with E-state index in [2.05, 4.69) is 157 Å². The van der Waals surface area contributed by atoms with Crippen molar-refractivity contribution in [1.29, 1.82) is 0 Å². The fourth-order valence-electron chi connectivity index (χ4n) is 8.88. The summed E-state index contributed by atoms with van der Waals surface area (Å²) in [6.07, 6.45) is 0. The first kappa shape index (κ1) is 27.7. The predicted octanol–water partition coefficient (Wildman–Crippen LogP) is 9.91. The van der Waals surface area contributed by atoms with Gasteiger partial charge in [0.15, 0.2) is 11.6 Å². The molecule has 1 aliphatic carbocycles. The fourth-order valence-corrected chi connectivity index (χ4v) is 12.3. The first-order valence-electron chi connectivity index (χ1n) is 17.2. The second-order valence-corrected chi connectivity index (χ2v) is 18.3. The van der Waals surface area contributed by atoms with Crippen LogP contribution in [0.5, 0.6) is 0 Å². The second-order valence-electron chi connectivity index (χ2n) is 14.0. The monoisotopic (exact) mass is 654 g/mol. The molecule has 0 atom stereocenters. The molecule has 0 amide bonds. The molecule has 5 heteroatoms. The van der Waals surface area contributed by atoms with E-state index in [4.69, 9.17) is 15.0 Å². The summed E-state index contributed by atoms with van der Waals surface area (Å²) in [4.78, 5) is 16.0. The number of aromatic nitrogens is 4. The Bertz CT molecular complexity index is 2900. The third-order valence-corrected chi connectivity index (χ3v) is 14.6. The average Bonchev–Trinajstić information content (AvgIpc) is 3.59. The first-order chi connectivity index (χ1) is 24.6. The van der Waals surface area contributed by atoms with Gasteiger partial charge in [-0.15, -0.1) is 0 Å². The quantitative estimate of drug-likeness (QED) is 0.178. The normalized spacial score (nSPS) is 13.6. The van der Waals surface area contributed by atoms with Gasteiger partial charge in [-0.1, -0.05) is 147 Å². The standard InChI is InChI=1S/C45H30N4Si/c1-50(2)38-24-9-8-18-31(38)34-21-11-22-35(42(34)50)44-46-43(28-13-4-3-5-14-28)47-45(48-44)49-36-23-12-20-33-30-17-7-6-16-29(30)32-19-10-15-27-25-26-37(49)41(39(27)32)40(33)36/h3-26H,1-2H3. The summed E-state index contributed by atoms with van der Waals surface area (Å²) in [6, 6.07) is 52.5. The van der Waals surface area contributed by atoms with Gasteiger partial charge >= 0.3 is 0 Å². The zero-order valence-corrected chi connectivity index (χ0v) is 28.6. The van der Waals surface area contributed by atoms with Gasteiger partial charge in [0.05, 0.1) is 11.0 Å². The Morgan fingerprint density at radius 1 is 0.420 bits per heavy atom. The molecule has 2 aliphatic rings. The van der Waals surface area contributed by atoms with E-state index < -0.39 is 8.07 Å². The number of fused-ring (bicyclic) bond motifs is 6. The molecular weight excluding hydrogens is 625 g/mol. The van der Waals surface area contributed by atoms with Crippen molar-refractivity contribution in [3.8, 4) is 62.1 Å². The van der Waals surface area contributed by atoms with Crippen LogP contribution in [0.15, 0.2) is 146 Å². The highest BCUT2D eigenvalue weighted by molar-refractivity contribution is 7.04. The average molecular weight is 655 g/mol. The molecule has 234 valence electrons. The van der Waals surface area contributed by atoms with Crippen LogP contribution in [0.3, 0.4) is 0 Å². The lowest BCUT2D eigenvalue weighted by atomic mass is 9.93. The third-order valence-electron chi connectivity index (χ3n) is 11.0. The van der Waals surface area contributed by atoms with E-state index in [9.17, 15) is 0 Å². The Balaban J connectivity index is 1.26. The van der Waals surface area contributed by atoms with E-state index >= 15 is 0 Å². The first-order valence-corrected chi connectivity index (χ1v) is 20.2. The minimum Gasteiger partial charge on any atom is -0.278 e. The molecular formula is C45H30N4Si. The Labute approximate surface area is 290 Å². The maximum absolute atomic E-state index is 5.44. The lowest BCUT2D eigenvalue weighted by molar-refractivity contribution is 0.954. The summed E-state index contributed by atoms with van der Waals surface area (Å²) >= 11 is 0. The number of rotatable bonds is 3. The largest absolute Gasteiger partial charge is 0.278 e. The summed E-state index contributed by atoms with van der Waals surface area (Å²) in [5.41, 5.74) is 11.9. The lowest BCUT2D eigenvalue weighted by Crippen LogP contribution is -2.50. The van der Waals surface area contributed by atoms with Crippen molar-refractivity contribution < 1.29 is 0 Å². The number of nitrogens with zero attached hydrogens (tertiary/aromatic N) is 4. The summed E-state index contributed by atoms with van der Waals surface area (Å²) in [5, 5.41) is 7.84. The maximum atomic E-state index is 5.44. The van der Waals surface area contributed by atoms with Crippen molar-refractivity contribution in [1.82, 2.24) is 19.5 Å². The van der Waals surface area contributed by atoms with Crippen LogP contribution in [0.2, 0.25) is 13.1 Å². The van der Waals surface area contributed by atoms with Gasteiger partial charge in [-0.2, -0.15) is 9.97 Å². The zero-order valence-electron chi connectivity index (χ0n) is 27.6.